The van der Waals surface area contributed by atoms with Crippen LogP contribution in [0.5, 0.6) is 0 Å². The van der Waals surface area contributed by atoms with Crippen LogP contribution in [-0.2, 0) is 11.3 Å². The number of aromatic amines is 1. The molecule has 1 N–H and O–H groups in total. The zero-order valence-corrected chi connectivity index (χ0v) is 11.5. The highest BCUT2D eigenvalue weighted by Crippen LogP contribution is 2.19. The van der Waals surface area contributed by atoms with Crippen LogP contribution in [0.15, 0.2) is 42.7 Å². The van der Waals surface area contributed by atoms with Crippen molar-refractivity contribution in [3.63, 3.8) is 0 Å². The van der Waals surface area contributed by atoms with Crippen molar-refractivity contribution < 1.29 is 13.9 Å². The van der Waals surface area contributed by atoms with E-state index < -0.39 is 11.8 Å². The summed E-state index contributed by atoms with van der Waals surface area (Å²) in [6.07, 6.45) is 3.19. The molecule has 0 aliphatic carbocycles. The quantitative estimate of drug-likeness (QED) is 0.750. The molecule has 3 rings (SSSR count). The Morgan fingerprint density at radius 3 is 3.05 bits per heavy atom. The Labute approximate surface area is 124 Å². The van der Waals surface area contributed by atoms with Gasteiger partial charge in [-0.15, -0.1) is 0 Å². The summed E-state index contributed by atoms with van der Waals surface area (Å²) < 4.78 is 18.7. The normalized spacial score (nSPS) is 10.8. The summed E-state index contributed by atoms with van der Waals surface area (Å²) in [6.45, 7) is -0.181. The van der Waals surface area contributed by atoms with Crippen LogP contribution in [0, 0.1) is 5.82 Å². The zero-order valence-electron chi connectivity index (χ0n) is 10.8. The topological polar surface area (TPSA) is 55.0 Å². The van der Waals surface area contributed by atoms with Crippen molar-refractivity contribution in [2.75, 3.05) is 0 Å². The van der Waals surface area contributed by atoms with Gasteiger partial charge >= 0.3 is 5.97 Å². The number of rotatable bonds is 3. The lowest BCUT2D eigenvalue weighted by molar-refractivity contribution is 0.0471. The standard InChI is InChI=1S/C15H10ClFN2O2/c16-10-1-2-13(17)9(7-10)8-21-15(20)12-4-6-19-14-11(12)3-5-18-14/h1-7H,8H2,(H,18,19). The Bertz CT molecular complexity index is 816. The lowest BCUT2D eigenvalue weighted by atomic mass is 10.2. The van der Waals surface area contributed by atoms with E-state index in [1.807, 2.05) is 0 Å². The van der Waals surface area contributed by atoms with E-state index in [1.165, 1.54) is 24.4 Å². The van der Waals surface area contributed by atoms with E-state index in [4.69, 9.17) is 16.3 Å². The molecule has 0 amide bonds. The molecule has 0 saturated heterocycles. The lowest BCUT2D eigenvalue weighted by Gasteiger charge is -2.07. The third-order valence-electron chi connectivity index (χ3n) is 3.05. The van der Waals surface area contributed by atoms with E-state index in [-0.39, 0.29) is 12.2 Å². The molecule has 0 spiro atoms. The van der Waals surface area contributed by atoms with Gasteiger partial charge in [-0.3, -0.25) is 0 Å². The van der Waals surface area contributed by atoms with Crippen LogP contribution in [0.1, 0.15) is 15.9 Å². The third-order valence-corrected chi connectivity index (χ3v) is 3.28. The van der Waals surface area contributed by atoms with Crippen molar-refractivity contribution in [2.45, 2.75) is 6.61 Å². The van der Waals surface area contributed by atoms with Gasteiger partial charge in [-0.25, -0.2) is 14.2 Å². The van der Waals surface area contributed by atoms with E-state index in [1.54, 1.807) is 18.3 Å². The molecule has 0 atom stereocenters. The summed E-state index contributed by atoms with van der Waals surface area (Å²) in [7, 11) is 0. The number of nitrogens with zero attached hydrogens (tertiary/aromatic N) is 1. The highest BCUT2D eigenvalue weighted by molar-refractivity contribution is 6.30. The number of H-pyrrole nitrogens is 1. The Morgan fingerprint density at radius 2 is 2.19 bits per heavy atom. The molecular weight excluding hydrogens is 295 g/mol. The Morgan fingerprint density at radius 1 is 1.33 bits per heavy atom. The van der Waals surface area contributed by atoms with E-state index in [0.29, 0.717) is 21.6 Å². The first-order chi connectivity index (χ1) is 10.1. The molecule has 0 fully saturated rings. The summed E-state index contributed by atoms with van der Waals surface area (Å²) in [5.41, 5.74) is 1.21. The summed E-state index contributed by atoms with van der Waals surface area (Å²) in [5, 5.41) is 1.05. The van der Waals surface area contributed by atoms with E-state index in [0.717, 1.165) is 0 Å². The van der Waals surface area contributed by atoms with Gasteiger partial charge in [0, 0.05) is 28.4 Å². The van der Waals surface area contributed by atoms with Crippen molar-refractivity contribution in [2.24, 2.45) is 0 Å². The number of hydrogen-bond acceptors (Lipinski definition) is 3. The molecule has 0 radical (unpaired) electrons. The minimum absolute atomic E-state index is 0.181. The predicted octanol–water partition coefficient (Wildman–Crippen LogP) is 3.71. The van der Waals surface area contributed by atoms with Gasteiger partial charge < -0.3 is 9.72 Å². The molecule has 6 heteroatoms. The highest BCUT2D eigenvalue weighted by Gasteiger charge is 2.14. The van der Waals surface area contributed by atoms with Crippen LogP contribution in [-0.4, -0.2) is 15.9 Å². The molecule has 2 heterocycles. The summed E-state index contributed by atoms with van der Waals surface area (Å²) in [4.78, 5) is 19.1. The van der Waals surface area contributed by atoms with Crippen molar-refractivity contribution in [3.05, 3.63) is 64.7 Å². The van der Waals surface area contributed by atoms with Crippen LogP contribution >= 0.6 is 11.6 Å². The van der Waals surface area contributed by atoms with Gasteiger partial charge in [0.2, 0.25) is 0 Å². The number of benzene rings is 1. The second-order valence-corrected chi connectivity index (χ2v) is 4.85. The zero-order chi connectivity index (χ0) is 14.8. The van der Waals surface area contributed by atoms with E-state index in [9.17, 15) is 9.18 Å². The van der Waals surface area contributed by atoms with Gasteiger partial charge in [-0.2, -0.15) is 0 Å². The number of carbonyl (C=O) groups excluding carboxylic acids is 1. The number of nitrogens with one attached hydrogen (secondary N) is 1. The average molecular weight is 305 g/mol. The maximum absolute atomic E-state index is 13.6. The van der Waals surface area contributed by atoms with Crippen molar-refractivity contribution in [1.29, 1.82) is 0 Å². The van der Waals surface area contributed by atoms with Gasteiger partial charge in [0.15, 0.2) is 0 Å². The summed E-state index contributed by atoms with van der Waals surface area (Å²) in [6, 6.07) is 7.41. The number of fused-ring (bicyclic) bond motifs is 1. The van der Waals surface area contributed by atoms with Gasteiger partial charge in [0.25, 0.3) is 0 Å². The number of pyridine rings is 1. The number of aromatic nitrogens is 2. The molecule has 0 aliphatic heterocycles. The van der Waals surface area contributed by atoms with Gasteiger partial charge in [-0.1, -0.05) is 11.6 Å². The minimum Gasteiger partial charge on any atom is -0.457 e. The van der Waals surface area contributed by atoms with Crippen LogP contribution in [0.2, 0.25) is 5.02 Å². The SMILES string of the molecule is O=C(OCc1cc(Cl)ccc1F)c1ccnc2[nH]ccc12. The molecule has 1 aromatic carbocycles. The lowest BCUT2D eigenvalue weighted by Crippen LogP contribution is -2.07. The molecule has 3 aromatic rings. The third kappa shape index (κ3) is 2.73. The number of carbonyl (C=O) groups is 1. The van der Waals surface area contributed by atoms with Crippen molar-refractivity contribution in [3.8, 4) is 0 Å². The maximum Gasteiger partial charge on any atom is 0.339 e. The number of halogens is 2. The fraction of sp³-hybridized carbons (Fsp3) is 0.0667. The van der Waals surface area contributed by atoms with Crippen LogP contribution in [0.4, 0.5) is 4.39 Å². The molecule has 0 unspecified atom stereocenters. The molecule has 4 nitrogen and oxygen atoms in total. The Hall–Kier alpha value is -2.40. The van der Waals surface area contributed by atoms with Crippen molar-refractivity contribution in [1.82, 2.24) is 9.97 Å². The molecule has 0 aliphatic rings. The highest BCUT2D eigenvalue weighted by atomic mass is 35.5. The van der Waals surface area contributed by atoms with E-state index in [2.05, 4.69) is 9.97 Å². The number of hydrogen-bond donors (Lipinski definition) is 1. The Balaban J connectivity index is 1.81. The van der Waals surface area contributed by atoms with Crippen LogP contribution < -0.4 is 0 Å². The van der Waals surface area contributed by atoms with Gasteiger partial charge in [-0.05, 0) is 30.3 Å². The average Bonchev–Trinajstić information content (AvgIpc) is 2.96. The fourth-order valence-corrected chi connectivity index (χ4v) is 2.21. The molecule has 0 bridgehead atoms. The molecular formula is C15H10ClFN2O2. The summed E-state index contributed by atoms with van der Waals surface area (Å²) >= 11 is 5.79. The monoisotopic (exact) mass is 304 g/mol. The first-order valence-corrected chi connectivity index (χ1v) is 6.56. The molecule has 2 aromatic heterocycles. The van der Waals surface area contributed by atoms with Crippen LogP contribution in [0.3, 0.4) is 0 Å². The minimum atomic E-state index is -0.540. The summed E-state index contributed by atoms with van der Waals surface area (Å²) in [5.74, 6) is -1.00. The predicted molar refractivity (Wildman–Crippen MR) is 76.6 cm³/mol. The van der Waals surface area contributed by atoms with Crippen LogP contribution in [0.25, 0.3) is 11.0 Å². The van der Waals surface area contributed by atoms with Crippen molar-refractivity contribution >= 4 is 28.6 Å². The first-order valence-electron chi connectivity index (χ1n) is 6.18. The van der Waals surface area contributed by atoms with Gasteiger partial charge in [0.1, 0.15) is 18.1 Å². The smallest absolute Gasteiger partial charge is 0.339 e. The van der Waals surface area contributed by atoms with Gasteiger partial charge in [0.05, 0.1) is 5.56 Å². The maximum atomic E-state index is 13.6. The fourth-order valence-electron chi connectivity index (χ4n) is 2.01. The second kappa shape index (κ2) is 5.54. The molecule has 0 saturated carbocycles. The second-order valence-electron chi connectivity index (χ2n) is 4.41. The molecule has 106 valence electrons. The molecule has 21 heavy (non-hydrogen) atoms. The first kappa shape index (κ1) is 13.6. The van der Waals surface area contributed by atoms with E-state index >= 15 is 0 Å². The number of esters is 1. The Kier molecular flexibility index (Phi) is 3.58. The largest absolute Gasteiger partial charge is 0.457 e. The number of ether oxygens (including phenoxy) is 1.